The summed E-state index contributed by atoms with van der Waals surface area (Å²) in [4.78, 5) is 14.3. The van der Waals surface area contributed by atoms with Crippen molar-refractivity contribution in [2.45, 2.75) is 25.6 Å². The Bertz CT molecular complexity index is 609. The molecule has 2 aromatic rings. The molecule has 1 aliphatic rings. The summed E-state index contributed by atoms with van der Waals surface area (Å²) in [5, 5.41) is 4.30. The largest absolute Gasteiger partial charge is 0.467 e. The molecule has 21 heavy (non-hydrogen) atoms. The van der Waals surface area contributed by atoms with E-state index in [1.165, 1.54) is 12.7 Å². The van der Waals surface area contributed by atoms with Crippen LogP contribution in [0.2, 0.25) is 0 Å². The first-order valence-electron chi connectivity index (χ1n) is 7.14. The van der Waals surface area contributed by atoms with E-state index in [-0.39, 0.29) is 12.0 Å². The first-order chi connectivity index (χ1) is 10.3. The Kier molecular flexibility index (Phi) is 4.01. The van der Waals surface area contributed by atoms with Gasteiger partial charge in [0.25, 0.3) is 0 Å². The summed E-state index contributed by atoms with van der Waals surface area (Å²) in [5.74, 6) is -0.221. The number of ether oxygens (including phenoxy) is 1. The van der Waals surface area contributed by atoms with Crippen LogP contribution in [0.4, 0.5) is 0 Å². The van der Waals surface area contributed by atoms with Crippen molar-refractivity contribution in [1.82, 2.24) is 14.7 Å². The molecule has 0 radical (unpaired) electrons. The third-order valence-electron chi connectivity index (χ3n) is 3.87. The number of benzene rings is 1. The van der Waals surface area contributed by atoms with Crippen molar-refractivity contribution in [2.75, 3.05) is 13.7 Å². The van der Waals surface area contributed by atoms with Gasteiger partial charge in [0.15, 0.2) is 6.04 Å². The van der Waals surface area contributed by atoms with Gasteiger partial charge in [-0.15, -0.1) is 0 Å². The lowest BCUT2D eigenvalue weighted by Crippen LogP contribution is -2.24. The number of carbonyl (C=O) groups is 1. The fourth-order valence-corrected chi connectivity index (χ4v) is 2.81. The van der Waals surface area contributed by atoms with Gasteiger partial charge in [0.1, 0.15) is 0 Å². The highest BCUT2D eigenvalue weighted by Crippen LogP contribution is 2.23. The van der Waals surface area contributed by atoms with Crippen LogP contribution in [0.15, 0.2) is 42.6 Å². The van der Waals surface area contributed by atoms with Crippen LogP contribution in [0.1, 0.15) is 23.7 Å². The van der Waals surface area contributed by atoms with Crippen molar-refractivity contribution in [1.29, 1.82) is 0 Å². The lowest BCUT2D eigenvalue weighted by molar-refractivity contribution is -0.145. The predicted octanol–water partition coefficient (Wildman–Crippen LogP) is 2.00. The summed E-state index contributed by atoms with van der Waals surface area (Å²) in [6.07, 6.45) is 2.46. The molecule has 1 aliphatic heterocycles. The number of hydrogen-bond acceptors (Lipinski definition) is 4. The maximum Gasteiger partial charge on any atom is 0.330 e. The summed E-state index contributed by atoms with van der Waals surface area (Å²) in [6, 6.07) is 12.0. The summed E-state index contributed by atoms with van der Waals surface area (Å²) < 4.78 is 6.71. The zero-order valence-electron chi connectivity index (χ0n) is 12.1. The van der Waals surface area contributed by atoms with E-state index in [4.69, 9.17) is 4.74 Å². The van der Waals surface area contributed by atoms with Gasteiger partial charge in [0, 0.05) is 25.8 Å². The molecule has 0 saturated carbocycles. The molecule has 0 saturated heterocycles. The minimum atomic E-state index is -0.319. The molecule has 1 aromatic heterocycles. The molecule has 0 N–H and O–H groups in total. The van der Waals surface area contributed by atoms with E-state index in [0.29, 0.717) is 6.42 Å². The van der Waals surface area contributed by atoms with Gasteiger partial charge in [-0.25, -0.2) is 4.79 Å². The van der Waals surface area contributed by atoms with Gasteiger partial charge in [-0.3, -0.25) is 9.58 Å². The first kappa shape index (κ1) is 13.8. The number of aromatic nitrogens is 2. The molecule has 0 bridgehead atoms. The normalized spacial score (nSPS) is 18.8. The Labute approximate surface area is 124 Å². The van der Waals surface area contributed by atoms with Crippen LogP contribution in [0, 0.1) is 0 Å². The van der Waals surface area contributed by atoms with Gasteiger partial charge in [0.05, 0.1) is 12.8 Å². The van der Waals surface area contributed by atoms with Gasteiger partial charge >= 0.3 is 5.97 Å². The Hall–Kier alpha value is -2.14. The highest BCUT2D eigenvalue weighted by Gasteiger charge is 2.28. The average molecular weight is 285 g/mol. The van der Waals surface area contributed by atoms with Gasteiger partial charge in [-0.2, -0.15) is 5.10 Å². The predicted molar refractivity (Wildman–Crippen MR) is 78.5 cm³/mol. The molecule has 5 nitrogen and oxygen atoms in total. The van der Waals surface area contributed by atoms with E-state index in [1.807, 2.05) is 12.1 Å². The molecule has 0 spiro atoms. The van der Waals surface area contributed by atoms with E-state index < -0.39 is 0 Å². The van der Waals surface area contributed by atoms with Crippen molar-refractivity contribution in [3.63, 3.8) is 0 Å². The minimum absolute atomic E-state index is 0.221. The molecule has 0 amide bonds. The number of rotatable bonds is 3. The summed E-state index contributed by atoms with van der Waals surface area (Å²) in [6.45, 7) is 2.51. The highest BCUT2D eigenvalue weighted by atomic mass is 16.5. The van der Waals surface area contributed by atoms with Crippen molar-refractivity contribution in [3.8, 4) is 0 Å². The Morgan fingerprint density at radius 2 is 2.14 bits per heavy atom. The van der Waals surface area contributed by atoms with E-state index >= 15 is 0 Å². The number of fused-ring (bicyclic) bond motifs is 1. The topological polar surface area (TPSA) is 47.4 Å². The molecule has 3 rings (SSSR count). The van der Waals surface area contributed by atoms with Crippen LogP contribution in [0.25, 0.3) is 0 Å². The molecule has 0 aliphatic carbocycles. The molecule has 5 heteroatoms. The molecule has 1 unspecified atom stereocenters. The number of esters is 1. The number of nitrogens with zero attached hydrogens (tertiary/aromatic N) is 3. The monoisotopic (exact) mass is 285 g/mol. The second-order valence-corrected chi connectivity index (χ2v) is 5.29. The highest BCUT2D eigenvalue weighted by molar-refractivity contribution is 5.74. The van der Waals surface area contributed by atoms with E-state index in [9.17, 15) is 4.79 Å². The number of hydrogen-bond donors (Lipinski definition) is 0. The second-order valence-electron chi connectivity index (χ2n) is 5.29. The summed E-state index contributed by atoms with van der Waals surface area (Å²) in [7, 11) is 1.43. The van der Waals surface area contributed by atoms with Crippen LogP contribution in [-0.4, -0.2) is 34.3 Å². The first-order valence-corrected chi connectivity index (χ1v) is 7.14. The minimum Gasteiger partial charge on any atom is -0.467 e. The van der Waals surface area contributed by atoms with Crippen LogP contribution >= 0.6 is 0 Å². The third-order valence-corrected chi connectivity index (χ3v) is 3.87. The van der Waals surface area contributed by atoms with Gasteiger partial charge in [-0.05, 0) is 18.1 Å². The van der Waals surface area contributed by atoms with Gasteiger partial charge < -0.3 is 4.74 Å². The molecule has 110 valence electrons. The van der Waals surface area contributed by atoms with Crippen LogP contribution in [0.3, 0.4) is 0 Å². The number of carbonyl (C=O) groups excluding carboxylic acids is 1. The van der Waals surface area contributed by atoms with Gasteiger partial charge in [-0.1, -0.05) is 30.3 Å². The zero-order valence-corrected chi connectivity index (χ0v) is 12.1. The Morgan fingerprint density at radius 1 is 1.33 bits per heavy atom. The van der Waals surface area contributed by atoms with Crippen LogP contribution in [-0.2, 0) is 22.6 Å². The van der Waals surface area contributed by atoms with Crippen molar-refractivity contribution in [2.24, 2.45) is 0 Å². The summed E-state index contributed by atoms with van der Waals surface area (Å²) in [5.41, 5.74) is 2.33. The number of methoxy groups -OCH3 is 1. The quantitative estimate of drug-likeness (QED) is 0.809. The molecule has 0 fully saturated rings. The lowest BCUT2D eigenvalue weighted by atomic mass is 10.2. The molecule has 2 heterocycles. The lowest BCUT2D eigenvalue weighted by Gasteiger charge is -2.19. The average Bonchev–Trinajstić information content (AvgIpc) is 2.89. The van der Waals surface area contributed by atoms with Crippen molar-refractivity contribution >= 4 is 5.97 Å². The maximum atomic E-state index is 11.9. The maximum absolute atomic E-state index is 11.9. The Balaban J connectivity index is 1.79. The van der Waals surface area contributed by atoms with E-state index in [1.54, 1.807) is 10.9 Å². The smallest absolute Gasteiger partial charge is 0.330 e. The second kappa shape index (κ2) is 6.10. The standard InChI is InChI=1S/C16H19N3O2/c1-21-16(20)15-8-10-18(11-13-5-3-2-4-6-13)12-14-7-9-17-19(14)15/h2-7,9,15H,8,10-12H2,1H3. The van der Waals surface area contributed by atoms with E-state index in [2.05, 4.69) is 34.3 Å². The third kappa shape index (κ3) is 2.97. The fourth-order valence-electron chi connectivity index (χ4n) is 2.81. The van der Waals surface area contributed by atoms with Gasteiger partial charge in [0.2, 0.25) is 0 Å². The van der Waals surface area contributed by atoms with Crippen molar-refractivity contribution in [3.05, 3.63) is 53.9 Å². The molecular formula is C16H19N3O2. The Morgan fingerprint density at radius 3 is 2.90 bits per heavy atom. The van der Waals surface area contributed by atoms with E-state index in [0.717, 1.165) is 25.3 Å². The summed E-state index contributed by atoms with van der Waals surface area (Å²) >= 11 is 0. The molecule has 1 aromatic carbocycles. The van der Waals surface area contributed by atoms with Crippen LogP contribution < -0.4 is 0 Å². The SMILES string of the molecule is COC(=O)C1CCN(Cc2ccccc2)Cc2ccnn21. The van der Waals surface area contributed by atoms with Crippen molar-refractivity contribution < 1.29 is 9.53 Å². The molecule has 1 atom stereocenters. The van der Waals surface area contributed by atoms with Crippen LogP contribution in [0.5, 0.6) is 0 Å². The zero-order chi connectivity index (χ0) is 14.7. The fraction of sp³-hybridized carbons (Fsp3) is 0.375. The molecular weight excluding hydrogens is 266 g/mol.